The topological polar surface area (TPSA) is 56.0 Å². The van der Waals surface area contributed by atoms with E-state index in [2.05, 4.69) is 10.2 Å². The lowest BCUT2D eigenvalue weighted by molar-refractivity contribution is 0.0780. The highest BCUT2D eigenvalue weighted by atomic mass is 16.2. The molecule has 0 fully saturated rings. The van der Waals surface area contributed by atoms with E-state index >= 15 is 0 Å². The molecule has 0 N–H and O–H groups in total. The molecule has 0 aliphatic heterocycles. The molecular weight excluding hydrogens is 242 g/mol. The van der Waals surface area contributed by atoms with Gasteiger partial charge in [-0.05, 0) is 19.9 Å². The first-order valence-corrected chi connectivity index (χ1v) is 6.14. The summed E-state index contributed by atoms with van der Waals surface area (Å²) < 4.78 is 3.51. The molecule has 6 heteroatoms. The average molecular weight is 261 g/mol. The van der Waals surface area contributed by atoms with Gasteiger partial charge in [-0.3, -0.25) is 14.2 Å². The number of rotatable bonds is 3. The number of hydrogen-bond acceptors (Lipinski definition) is 3. The van der Waals surface area contributed by atoms with Crippen molar-refractivity contribution in [3.63, 3.8) is 0 Å². The third-order valence-corrected chi connectivity index (χ3v) is 3.39. The van der Waals surface area contributed by atoms with E-state index < -0.39 is 0 Å². The van der Waals surface area contributed by atoms with Gasteiger partial charge in [0.15, 0.2) is 0 Å². The zero-order valence-electron chi connectivity index (χ0n) is 12.0. The summed E-state index contributed by atoms with van der Waals surface area (Å²) in [5.41, 5.74) is 3.34. The molecule has 0 atom stereocenters. The standard InChI is InChI=1S/C13H19N5O/c1-9-12(10(2)17(4)15-9)13(19)16(3)8-11-6-7-14-18(11)5/h6-7H,8H2,1-5H3. The Morgan fingerprint density at radius 2 is 2.00 bits per heavy atom. The first-order valence-electron chi connectivity index (χ1n) is 6.14. The van der Waals surface area contributed by atoms with E-state index in [4.69, 9.17) is 0 Å². The van der Waals surface area contributed by atoms with Crippen molar-refractivity contribution in [2.24, 2.45) is 14.1 Å². The number of amides is 1. The van der Waals surface area contributed by atoms with Crippen molar-refractivity contribution >= 4 is 5.91 Å². The Bertz CT molecular complexity index is 611. The Balaban J connectivity index is 2.22. The molecule has 0 saturated heterocycles. The molecule has 2 heterocycles. The second-order valence-corrected chi connectivity index (χ2v) is 4.78. The predicted octanol–water partition coefficient (Wildman–Crippen LogP) is 1.04. The summed E-state index contributed by atoms with van der Waals surface area (Å²) in [6.45, 7) is 4.30. The quantitative estimate of drug-likeness (QED) is 0.829. The second kappa shape index (κ2) is 4.87. The van der Waals surface area contributed by atoms with Gasteiger partial charge in [-0.15, -0.1) is 0 Å². The number of aryl methyl sites for hydroxylation is 3. The molecular formula is C13H19N5O. The zero-order valence-corrected chi connectivity index (χ0v) is 12.0. The maximum atomic E-state index is 12.5. The van der Waals surface area contributed by atoms with E-state index in [1.54, 1.807) is 27.5 Å². The third-order valence-electron chi connectivity index (χ3n) is 3.39. The molecule has 0 bridgehead atoms. The third kappa shape index (κ3) is 2.38. The van der Waals surface area contributed by atoms with Crippen LogP contribution in [0.1, 0.15) is 27.4 Å². The molecule has 0 aliphatic carbocycles. The molecule has 19 heavy (non-hydrogen) atoms. The van der Waals surface area contributed by atoms with Crippen LogP contribution in [0.3, 0.4) is 0 Å². The van der Waals surface area contributed by atoms with Crippen molar-refractivity contribution in [1.29, 1.82) is 0 Å². The fourth-order valence-electron chi connectivity index (χ4n) is 2.15. The number of carbonyl (C=O) groups is 1. The average Bonchev–Trinajstić information content (AvgIpc) is 2.84. The van der Waals surface area contributed by atoms with Gasteiger partial charge < -0.3 is 4.90 Å². The monoisotopic (exact) mass is 261 g/mol. The largest absolute Gasteiger partial charge is 0.336 e. The maximum absolute atomic E-state index is 12.5. The van der Waals surface area contributed by atoms with Gasteiger partial charge in [-0.25, -0.2) is 0 Å². The first-order chi connectivity index (χ1) is 8.91. The van der Waals surface area contributed by atoms with Crippen LogP contribution in [0, 0.1) is 13.8 Å². The van der Waals surface area contributed by atoms with Gasteiger partial charge in [0, 0.05) is 33.0 Å². The van der Waals surface area contributed by atoms with Crippen LogP contribution in [0.15, 0.2) is 12.3 Å². The summed E-state index contributed by atoms with van der Waals surface area (Å²) in [6.07, 6.45) is 1.73. The molecule has 2 aromatic rings. The van der Waals surface area contributed by atoms with Crippen LogP contribution in [0.25, 0.3) is 0 Å². The highest BCUT2D eigenvalue weighted by molar-refractivity contribution is 5.96. The lowest BCUT2D eigenvalue weighted by Gasteiger charge is -2.17. The van der Waals surface area contributed by atoms with Gasteiger partial charge in [-0.2, -0.15) is 10.2 Å². The Kier molecular flexibility index (Phi) is 3.42. The van der Waals surface area contributed by atoms with Crippen molar-refractivity contribution in [1.82, 2.24) is 24.5 Å². The Labute approximate surface area is 112 Å². The Morgan fingerprint density at radius 3 is 2.47 bits per heavy atom. The first kappa shape index (κ1) is 13.3. The lowest BCUT2D eigenvalue weighted by Crippen LogP contribution is -2.28. The molecule has 2 rings (SSSR count). The number of carbonyl (C=O) groups excluding carboxylic acids is 1. The highest BCUT2D eigenvalue weighted by Crippen LogP contribution is 2.15. The van der Waals surface area contributed by atoms with Gasteiger partial charge in [0.25, 0.3) is 5.91 Å². The van der Waals surface area contributed by atoms with Crippen LogP contribution < -0.4 is 0 Å². The Hall–Kier alpha value is -2.11. The summed E-state index contributed by atoms with van der Waals surface area (Å²) in [6, 6.07) is 1.91. The molecule has 0 saturated carbocycles. The number of hydrogen-bond donors (Lipinski definition) is 0. The van der Waals surface area contributed by atoms with Crippen LogP contribution in [0.4, 0.5) is 0 Å². The summed E-state index contributed by atoms with van der Waals surface area (Å²) >= 11 is 0. The van der Waals surface area contributed by atoms with Gasteiger partial charge in [0.2, 0.25) is 0 Å². The number of aromatic nitrogens is 4. The molecule has 6 nitrogen and oxygen atoms in total. The Morgan fingerprint density at radius 1 is 1.32 bits per heavy atom. The fraction of sp³-hybridized carbons (Fsp3) is 0.462. The van der Waals surface area contributed by atoms with E-state index in [0.717, 1.165) is 17.1 Å². The minimum atomic E-state index is -0.00991. The van der Waals surface area contributed by atoms with Gasteiger partial charge >= 0.3 is 0 Å². The summed E-state index contributed by atoms with van der Waals surface area (Å²) in [5.74, 6) is -0.00991. The maximum Gasteiger partial charge on any atom is 0.257 e. The van der Waals surface area contributed by atoms with Crippen molar-refractivity contribution in [2.75, 3.05) is 7.05 Å². The SMILES string of the molecule is Cc1nn(C)c(C)c1C(=O)N(C)Cc1ccnn1C. The molecule has 0 radical (unpaired) electrons. The summed E-state index contributed by atoms with van der Waals surface area (Å²) in [7, 11) is 5.51. The second-order valence-electron chi connectivity index (χ2n) is 4.78. The van der Waals surface area contributed by atoms with E-state index in [1.807, 2.05) is 34.0 Å². The van der Waals surface area contributed by atoms with Gasteiger partial charge in [0.05, 0.1) is 23.5 Å². The van der Waals surface area contributed by atoms with E-state index in [1.165, 1.54) is 0 Å². The predicted molar refractivity (Wildman–Crippen MR) is 71.7 cm³/mol. The number of nitrogens with zero attached hydrogens (tertiary/aromatic N) is 5. The fourth-order valence-corrected chi connectivity index (χ4v) is 2.15. The van der Waals surface area contributed by atoms with Crippen LogP contribution in [-0.4, -0.2) is 37.4 Å². The smallest absolute Gasteiger partial charge is 0.257 e. The normalized spacial score (nSPS) is 10.8. The molecule has 0 aromatic carbocycles. The summed E-state index contributed by atoms with van der Waals surface area (Å²) in [4.78, 5) is 14.2. The molecule has 0 aliphatic rings. The van der Waals surface area contributed by atoms with Crippen LogP contribution >= 0.6 is 0 Å². The molecule has 1 amide bonds. The van der Waals surface area contributed by atoms with Crippen LogP contribution in [-0.2, 0) is 20.6 Å². The van der Waals surface area contributed by atoms with Crippen molar-refractivity contribution in [3.8, 4) is 0 Å². The van der Waals surface area contributed by atoms with Crippen molar-refractivity contribution in [3.05, 3.63) is 34.9 Å². The van der Waals surface area contributed by atoms with E-state index in [0.29, 0.717) is 12.1 Å². The molecule has 0 spiro atoms. The van der Waals surface area contributed by atoms with Gasteiger partial charge in [0.1, 0.15) is 0 Å². The van der Waals surface area contributed by atoms with Crippen molar-refractivity contribution in [2.45, 2.75) is 20.4 Å². The minimum absolute atomic E-state index is 0.00991. The van der Waals surface area contributed by atoms with Gasteiger partial charge in [-0.1, -0.05) is 0 Å². The molecule has 102 valence electrons. The molecule has 2 aromatic heterocycles. The zero-order chi connectivity index (χ0) is 14.2. The minimum Gasteiger partial charge on any atom is -0.336 e. The highest BCUT2D eigenvalue weighted by Gasteiger charge is 2.21. The van der Waals surface area contributed by atoms with Crippen LogP contribution in [0.2, 0.25) is 0 Å². The van der Waals surface area contributed by atoms with Crippen molar-refractivity contribution < 1.29 is 4.79 Å². The van der Waals surface area contributed by atoms with E-state index in [9.17, 15) is 4.79 Å². The van der Waals surface area contributed by atoms with E-state index in [-0.39, 0.29) is 5.91 Å². The van der Waals surface area contributed by atoms with Crippen LogP contribution in [0.5, 0.6) is 0 Å². The molecule has 0 unspecified atom stereocenters. The lowest BCUT2D eigenvalue weighted by atomic mass is 10.1. The summed E-state index contributed by atoms with van der Waals surface area (Å²) in [5, 5.41) is 8.38.